The van der Waals surface area contributed by atoms with Gasteiger partial charge < -0.3 is 10.1 Å². The second-order valence-corrected chi connectivity index (χ2v) is 7.32. The Morgan fingerprint density at radius 3 is 3.04 bits per heavy atom. The molecule has 1 N–H and O–H groups in total. The fourth-order valence-electron chi connectivity index (χ4n) is 3.52. The van der Waals surface area contributed by atoms with Crippen LogP contribution in [0.2, 0.25) is 0 Å². The van der Waals surface area contributed by atoms with Gasteiger partial charge in [0.1, 0.15) is 5.82 Å². The van der Waals surface area contributed by atoms with Crippen LogP contribution in [0.4, 0.5) is 9.52 Å². The van der Waals surface area contributed by atoms with Crippen molar-refractivity contribution in [1.29, 1.82) is 0 Å². The highest BCUT2D eigenvalue weighted by atomic mass is 32.1. The molecular formula is C19H16FN3OS. The zero-order valence-corrected chi connectivity index (χ0v) is 14.3. The fourth-order valence-corrected chi connectivity index (χ4v) is 4.55. The number of halogens is 1. The van der Waals surface area contributed by atoms with E-state index in [9.17, 15) is 4.39 Å². The molecule has 0 amide bonds. The zero-order chi connectivity index (χ0) is 16.8. The van der Waals surface area contributed by atoms with Crippen LogP contribution in [0.15, 0.2) is 36.7 Å². The third-order valence-electron chi connectivity index (χ3n) is 4.72. The summed E-state index contributed by atoms with van der Waals surface area (Å²) in [6, 6.07) is 6.84. The summed E-state index contributed by atoms with van der Waals surface area (Å²) in [7, 11) is 0. The van der Waals surface area contributed by atoms with Crippen LogP contribution in [-0.4, -0.2) is 29.2 Å². The highest BCUT2D eigenvalue weighted by Gasteiger charge is 2.17. The summed E-state index contributed by atoms with van der Waals surface area (Å²) in [6.07, 6.45) is 6.05. The number of anilines is 1. The first kappa shape index (κ1) is 15.0. The van der Waals surface area contributed by atoms with Gasteiger partial charge in [-0.15, -0.1) is 0 Å². The molecule has 0 bridgehead atoms. The Bertz CT molecular complexity index is 1090. The lowest BCUT2D eigenvalue weighted by Crippen LogP contribution is -2.18. The van der Waals surface area contributed by atoms with Crippen LogP contribution in [0.3, 0.4) is 0 Å². The minimum atomic E-state index is -0.246. The van der Waals surface area contributed by atoms with Crippen molar-refractivity contribution >= 4 is 48.2 Å². The van der Waals surface area contributed by atoms with Gasteiger partial charge in [-0.25, -0.2) is 9.37 Å². The lowest BCUT2D eigenvalue weighted by Gasteiger charge is -2.08. The van der Waals surface area contributed by atoms with E-state index in [1.54, 1.807) is 29.8 Å². The van der Waals surface area contributed by atoms with E-state index in [1.165, 1.54) is 6.07 Å². The van der Waals surface area contributed by atoms with Crippen LogP contribution >= 0.6 is 11.3 Å². The van der Waals surface area contributed by atoms with E-state index in [2.05, 4.69) is 10.3 Å². The number of fused-ring (bicyclic) bond motifs is 6. The summed E-state index contributed by atoms with van der Waals surface area (Å²) in [5.41, 5.74) is 0.911. The van der Waals surface area contributed by atoms with Gasteiger partial charge in [0.2, 0.25) is 0 Å². The van der Waals surface area contributed by atoms with Crippen molar-refractivity contribution in [3.05, 3.63) is 42.5 Å². The van der Waals surface area contributed by atoms with E-state index in [0.717, 1.165) is 62.9 Å². The minimum absolute atomic E-state index is 0.246. The summed E-state index contributed by atoms with van der Waals surface area (Å²) in [4.78, 5) is 9.02. The number of nitrogens with one attached hydrogen (secondary N) is 1. The van der Waals surface area contributed by atoms with Crippen molar-refractivity contribution in [1.82, 2.24) is 9.97 Å². The normalized spacial score (nSPS) is 17.7. The lowest BCUT2D eigenvalue weighted by atomic mass is 10.0. The van der Waals surface area contributed by atoms with Gasteiger partial charge in [0.05, 0.1) is 16.3 Å². The molecule has 4 aromatic rings. The number of thiazole rings is 1. The number of pyridine rings is 1. The van der Waals surface area contributed by atoms with Crippen molar-refractivity contribution in [3.63, 3.8) is 0 Å². The average molecular weight is 353 g/mol. The Labute approximate surface area is 147 Å². The smallest absolute Gasteiger partial charge is 0.183 e. The van der Waals surface area contributed by atoms with Gasteiger partial charge in [0, 0.05) is 41.7 Å². The molecule has 1 atom stereocenters. The Balaban J connectivity index is 1.68. The van der Waals surface area contributed by atoms with Gasteiger partial charge in [0.25, 0.3) is 0 Å². The van der Waals surface area contributed by atoms with Gasteiger partial charge >= 0.3 is 0 Å². The fraction of sp³-hybridized carbons (Fsp3) is 0.263. The van der Waals surface area contributed by atoms with E-state index < -0.39 is 0 Å². The quantitative estimate of drug-likeness (QED) is 0.541. The minimum Gasteiger partial charge on any atom is -0.376 e. The topological polar surface area (TPSA) is 47.0 Å². The molecule has 1 aliphatic rings. The predicted octanol–water partition coefficient (Wildman–Crippen LogP) is 4.73. The Kier molecular flexibility index (Phi) is 3.53. The van der Waals surface area contributed by atoms with Crippen LogP contribution in [0.1, 0.15) is 12.8 Å². The molecule has 1 aliphatic heterocycles. The molecule has 0 aliphatic carbocycles. The number of hydrogen-bond donors (Lipinski definition) is 1. The summed E-state index contributed by atoms with van der Waals surface area (Å²) >= 11 is 1.63. The summed E-state index contributed by atoms with van der Waals surface area (Å²) in [6.45, 7) is 1.62. The maximum atomic E-state index is 13.8. The molecule has 0 saturated carbocycles. The molecule has 0 radical (unpaired) electrons. The Hall–Kier alpha value is -2.31. The first-order chi connectivity index (χ1) is 12.3. The molecule has 4 nitrogen and oxygen atoms in total. The van der Waals surface area contributed by atoms with Gasteiger partial charge in [0.15, 0.2) is 5.13 Å². The van der Waals surface area contributed by atoms with Gasteiger partial charge in [-0.1, -0.05) is 11.3 Å². The predicted molar refractivity (Wildman–Crippen MR) is 99.8 cm³/mol. The van der Waals surface area contributed by atoms with E-state index in [1.807, 2.05) is 12.1 Å². The van der Waals surface area contributed by atoms with Gasteiger partial charge in [-0.2, -0.15) is 0 Å². The SMILES string of the molecule is Fc1ccc2c(c1)c1cnccc1c1sc(NCC3CCCO3)nc21. The largest absolute Gasteiger partial charge is 0.376 e. The average Bonchev–Trinajstić information content (AvgIpc) is 3.30. The van der Waals surface area contributed by atoms with E-state index in [-0.39, 0.29) is 11.9 Å². The monoisotopic (exact) mass is 353 g/mol. The molecule has 0 spiro atoms. The van der Waals surface area contributed by atoms with Crippen molar-refractivity contribution in [2.24, 2.45) is 0 Å². The van der Waals surface area contributed by atoms with Crippen molar-refractivity contribution in [2.75, 3.05) is 18.5 Å². The number of aromatic nitrogens is 2. The van der Waals surface area contributed by atoms with Crippen molar-refractivity contribution in [2.45, 2.75) is 18.9 Å². The maximum absolute atomic E-state index is 13.8. The number of rotatable bonds is 3. The molecule has 2 aromatic heterocycles. The van der Waals surface area contributed by atoms with Crippen LogP contribution in [0.5, 0.6) is 0 Å². The molecule has 3 heterocycles. The number of benzene rings is 2. The standard InChI is InChI=1S/C19H16FN3OS/c20-11-3-4-13-15(8-11)16-10-21-6-5-14(16)18-17(13)23-19(25-18)22-9-12-2-1-7-24-12/h3-6,8,10,12H,1-2,7,9H2,(H,22,23). The molecular weight excluding hydrogens is 337 g/mol. The summed E-state index contributed by atoms with van der Waals surface area (Å²) < 4.78 is 20.6. The molecule has 1 unspecified atom stereocenters. The Morgan fingerprint density at radius 1 is 1.20 bits per heavy atom. The first-order valence-corrected chi connectivity index (χ1v) is 9.22. The second-order valence-electron chi connectivity index (χ2n) is 6.32. The number of ether oxygens (including phenoxy) is 1. The summed E-state index contributed by atoms with van der Waals surface area (Å²) in [5.74, 6) is -0.246. The maximum Gasteiger partial charge on any atom is 0.183 e. The highest BCUT2D eigenvalue weighted by Crippen LogP contribution is 2.39. The van der Waals surface area contributed by atoms with Gasteiger partial charge in [-0.3, -0.25) is 4.98 Å². The lowest BCUT2D eigenvalue weighted by molar-refractivity contribution is 0.120. The molecule has 5 rings (SSSR count). The molecule has 126 valence electrons. The number of nitrogens with zero attached hydrogens (tertiary/aromatic N) is 2. The third kappa shape index (κ3) is 2.53. The van der Waals surface area contributed by atoms with E-state index >= 15 is 0 Å². The Morgan fingerprint density at radius 2 is 2.16 bits per heavy atom. The zero-order valence-electron chi connectivity index (χ0n) is 13.5. The molecule has 6 heteroatoms. The van der Waals surface area contributed by atoms with E-state index in [0.29, 0.717) is 0 Å². The van der Waals surface area contributed by atoms with Crippen LogP contribution in [-0.2, 0) is 4.74 Å². The van der Waals surface area contributed by atoms with Crippen LogP contribution in [0, 0.1) is 5.82 Å². The molecule has 25 heavy (non-hydrogen) atoms. The van der Waals surface area contributed by atoms with Gasteiger partial charge in [-0.05, 0) is 42.5 Å². The highest BCUT2D eigenvalue weighted by molar-refractivity contribution is 7.23. The summed E-state index contributed by atoms with van der Waals surface area (Å²) in [5, 5.41) is 8.11. The first-order valence-electron chi connectivity index (χ1n) is 8.40. The number of hydrogen-bond acceptors (Lipinski definition) is 5. The molecule has 1 saturated heterocycles. The molecule has 1 fully saturated rings. The third-order valence-corrected chi connectivity index (χ3v) is 5.77. The van der Waals surface area contributed by atoms with E-state index in [4.69, 9.17) is 9.72 Å². The van der Waals surface area contributed by atoms with Crippen molar-refractivity contribution < 1.29 is 9.13 Å². The van der Waals surface area contributed by atoms with Crippen LogP contribution < -0.4 is 5.32 Å². The molecule has 2 aromatic carbocycles. The second kappa shape index (κ2) is 5.89. The van der Waals surface area contributed by atoms with Crippen LogP contribution in [0.25, 0.3) is 31.8 Å². The van der Waals surface area contributed by atoms with Crippen molar-refractivity contribution in [3.8, 4) is 0 Å².